The summed E-state index contributed by atoms with van der Waals surface area (Å²) in [6.07, 6.45) is 2.13. The van der Waals surface area contributed by atoms with E-state index in [1.165, 1.54) is 12.5 Å². The first kappa shape index (κ1) is 15.9. The van der Waals surface area contributed by atoms with E-state index in [0.29, 0.717) is 24.2 Å². The van der Waals surface area contributed by atoms with Crippen molar-refractivity contribution < 1.29 is 9.59 Å². The molecule has 24 heavy (non-hydrogen) atoms. The summed E-state index contributed by atoms with van der Waals surface area (Å²) in [7, 11) is 0. The van der Waals surface area contributed by atoms with Crippen LogP contribution in [0.4, 0.5) is 5.69 Å². The number of hydrogen-bond donors (Lipinski definition) is 1. The number of rotatable bonds is 5. The Morgan fingerprint density at radius 1 is 1.17 bits per heavy atom. The Hall–Kier alpha value is -2.95. The van der Waals surface area contributed by atoms with Gasteiger partial charge < -0.3 is 5.32 Å². The minimum Gasteiger partial charge on any atom is -0.326 e. The van der Waals surface area contributed by atoms with Crippen LogP contribution in [-0.4, -0.2) is 21.5 Å². The van der Waals surface area contributed by atoms with E-state index in [9.17, 15) is 9.59 Å². The Morgan fingerprint density at radius 3 is 2.79 bits per heavy atom. The van der Waals surface area contributed by atoms with Crippen molar-refractivity contribution in [3.8, 4) is 0 Å². The molecule has 0 unspecified atom stereocenters. The van der Waals surface area contributed by atoms with E-state index in [0.717, 1.165) is 10.9 Å². The molecule has 0 aliphatic rings. The average Bonchev–Trinajstić information content (AvgIpc) is 2.95. The molecule has 0 aliphatic heterocycles. The van der Waals surface area contributed by atoms with E-state index in [1.807, 2.05) is 29.9 Å². The van der Waals surface area contributed by atoms with Crippen molar-refractivity contribution in [1.29, 1.82) is 0 Å². The number of nitrogens with one attached hydrogen (secondary N) is 1. The molecule has 0 bridgehead atoms. The van der Waals surface area contributed by atoms with Crippen LogP contribution in [-0.2, 0) is 11.3 Å². The second-order valence-corrected chi connectivity index (χ2v) is 5.87. The van der Waals surface area contributed by atoms with Crippen LogP contribution >= 0.6 is 0 Å². The number of amides is 1. The second-order valence-electron chi connectivity index (χ2n) is 5.87. The molecule has 0 saturated carbocycles. The summed E-state index contributed by atoms with van der Waals surface area (Å²) in [6, 6.07) is 13.1. The van der Waals surface area contributed by atoms with Crippen molar-refractivity contribution in [2.24, 2.45) is 0 Å². The lowest BCUT2D eigenvalue weighted by Crippen LogP contribution is -2.15. The van der Waals surface area contributed by atoms with Gasteiger partial charge in [-0.2, -0.15) is 5.10 Å². The third kappa shape index (κ3) is 3.51. The van der Waals surface area contributed by atoms with Crippen LogP contribution in [0.5, 0.6) is 0 Å². The lowest BCUT2D eigenvalue weighted by Gasteiger charge is -2.07. The first-order valence-electron chi connectivity index (χ1n) is 7.86. The third-order valence-corrected chi connectivity index (χ3v) is 3.90. The van der Waals surface area contributed by atoms with E-state index in [2.05, 4.69) is 16.5 Å². The van der Waals surface area contributed by atoms with Crippen molar-refractivity contribution in [3.63, 3.8) is 0 Å². The molecule has 0 fully saturated rings. The highest BCUT2D eigenvalue weighted by Crippen LogP contribution is 2.16. The molecular formula is C19H19N3O2. The number of nitrogens with zero attached hydrogens (tertiary/aromatic N) is 2. The Labute approximate surface area is 140 Å². The molecule has 5 heteroatoms. The fourth-order valence-corrected chi connectivity index (χ4v) is 2.63. The molecule has 0 saturated heterocycles. The fraction of sp³-hybridized carbons (Fsp3) is 0.211. The highest BCUT2D eigenvalue weighted by Gasteiger charge is 2.08. The molecule has 1 aromatic heterocycles. The zero-order valence-corrected chi connectivity index (χ0v) is 13.7. The molecule has 3 aromatic rings. The maximum Gasteiger partial charge on any atom is 0.226 e. The first-order valence-corrected chi connectivity index (χ1v) is 7.86. The van der Waals surface area contributed by atoms with Crippen LogP contribution in [0.15, 0.2) is 48.7 Å². The Bertz CT molecular complexity index is 912. The molecular weight excluding hydrogens is 302 g/mol. The highest BCUT2D eigenvalue weighted by molar-refractivity contribution is 5.97. The number of hydrogen-bond acceptors (Lipinski definition) is 3. The monoisotopic (exact) mass is 321 g/mol. The summed E-state index contributed by atoms with van der Waals surface area (Å²) in [5.41, 5.74) is 3.42. The molecule has 0 radical (unpaired) electrons. The number of carbonyl (C=O) groups excluding carboxylic acids is 2. The van der Waals surface area contributed by atoms with E-state index < -0.39 is 0 Å². The van der Waals surface area contributed by atoms with Crippen LogP contribution in [0.25, 0.3) is 10.9 Å². The maximum atomic E-state index is 12.1. The van der Waals surface area contributed by atoms with Crippen LogP contribution in [0, 0.1) is 6.92 Å². The topological polar surface area (TPSA) is 64.0 Å². The van der Waals surface area contributed by atoms with E-state index in [1.54, 1.807) is 24.3 Å². The van der Waals surface area contributed by atoms with Crippen LogP contribution in [0.1, 0.15) is 29.3 Å². The van der Waals surface area contributed by atoms with Gasteiger partial charge >= 0.3 is 0 Å². The quantitative estimate of drug-likeness (QED) is 0.731. The van der Waals surface area contributed by atoms with Gasteiger partial charge in [0.25, 0.3) is 0 Å². The molecule has 1 heterocycles. The number of Topliss-reactive ketones (excluding diaryl/α,β-unsaturated/α-hetero) is 1. The second kappa shape index (κ2) is 6.66. The molecule has 1 N–H and O–H groups in total. The highest BCUT2D eigenvalue weighted by atomic mass is 16.1. The van der Waals surface area contributed by atoms with Crippen LogP contribution < -0.4 is 5.32 Å². The molecule has 0 atom stereocenters. The molecule has 122 valence electrons. The summed E-state index contributed by atoms with van der Waals surface area (Å²) < 4.78 is 1.83. The van der Waals surface area contributed by atoms with Crippen molar-refractivity contribution >= 4 is 28.3 Å². The standard InChI is InChI=1S/C19H19N3O2/c1-13-6-7-18-16(10-13)12-20-22(18)9-8-19(24)21-17-5-3-4-15(11-17)14(2)23/h3-7,10-12H,8-9H2,1-2H3,(H,21,24). The number of ketones is 1. The number of benzene rings is 2. The van der Waals surface area contributed by atoms with Crippen molar-refractivity contribution in [2.45, 2.75) is 26.8 Å². The van der Waals surface area contributed by atoms with Gasteiger partial charge in [0.15, 0.2) is 5.78 Å². The lowest BCUT2D eigenvalue weighted by molar-refractivity contribution is -0.116. The summed E-state index contributed by atoms with van der Waals surface area (Å²) in [6.45, 7) is 4.05. The minimum absolute atomic E-state index is 0.0237. The minimum atomic E-state index is -0.105. The molecule has 5 nitrogen and oxygen atoms in total. The van der Waals surface area contributed by atoms with Gasteiger partial charge in [-0.3, -0.25) is 14.3 Å². The van der Waals surface area contributed by atoms with Gasteiger partial charge in [0.05, 0.1) is 18.3 Å². The van der Waals surface area contributed by atoms with Gasteiger partial charge in [0, 0.05) is 23.1 Å². The van der Waals surface area contributed by atoms with E-state index >= 15 is 0 Å². The summed E-state index contributed by atoms with van der Waals surface area (Å²) >= 11 is 0. The van der Waals surface area contributed by atoms with Gasteiger partial charge in [0.2, 0.25) is 5.91 Å². The molecule has 1 amide bonds. The normalized spacial score (nSPS) is 10.8. The molecule has 2 aromatic carbocycles. The first-order chi connectivity index (χ1) is 11.5. The van der Waals surface area contributed by atoms with Crippen LogP contribution in [0.3, 0.4) is 0 Å². The average molecular weight is 321 g/mol. The Morgan fingerprint density at radius 2 is 2.00 bits per heavy atom. The molecule has 0 aliphatic carbocycles. The number of fused-ring (bicyclic) bond motifs is 1. The van der Waals surface area contributed by atoms with Crippen molar-refractivity contribution in [2.75, 3.05) is 5.32 Å². The van der Waals surface area contributed by atoms with Crippen molar-refractivity contribution in [3.05, 3.63) is 59.8 Å². The van der Waals surface area contributed by atoms with E-state index in [-0.39, 0.29) is 11.7 Å². The van der Waals surface area contributed by atoms with Crippen LogP contribution in [0.2, 0.25) is 0 Å². The largest absolute Gasteiger partial charge is 0.326 e. The van der Waals surface area contributed by atoms with Gasteiger partial charge in [0.1, 0.15) is 0 Å². The summed E-state index contributed by atoms with van der Waals surface area (Å²) in [4.78, 5) is 23.5. The summed E-state index contributed by atoms with van der Waals surface area (Å²) in [5, 5.41) is 8.24. The number of aromatic nitrogens is 2. The SMILES string of the molecule is CC(=O)c1cccc(NC(=O)CCn2ncc3cc(C)ccc32)c1. The smallest absolute Gasteiger partial charge is 0.226 e. The number of aryl methyl sites for hydroxylation is 2. The number of anilines is 1. The Kier molecular flexibility index (Phi) is 4.42. The number of carbonyl (C=O) groups is 2. The van der Waals surface area contributed by atoms with Gasteiger partial charge in [-0.1, -0.05) is 23.8 Å². The molecule has 0 spiro atoms. The van der Waals surface area contributed by atoms with Crippen molar-refractivity contribution in [1.82, 2.24) is 9.78 Å². The summed E-state index contributed by atoms with van der Waals surface area (Å²) in [5.74, 6) is -0.129. The maximum absolute atomic E-state index is 12.1. The van der Waals surface area contributed by atoms with E-state index in [4.69, 9.17) is 0 Å². The predicted molar refractivity (Wildman–Crippen MR) is 94.2 cm³/mol. The van der Waals surface area contributed by atoms with Gasteiger partial charge in [-0.15, -0.1) is 0 Å². The zero-order chi connectivity index (χ0) is 17.1. The predicted octanol–water partition coefficient (Wildman–Crippen LogP) is 3.58. The molecule has 3 rings (SSSR count). The van der Waals surface area contributed by atoms with Gasteiger partial charge in [-0.25, -0.2) is 0 Å². The zero-order valence-electron chi connectivity index (χ0n) is 13.7. The third-order valence-electron chi connectivity index (χ3n) is 3.90. The Balaban J connectivity index is 1.65. The fourth-order valence-electron chi connectivity index (χ4n) is 2.63. The van der Waals surface area contributed by atoms with Gasteiger partial charge in [-0.05, 0) is 38.1 Å². The lowest BCUT2D eigenvalue weighted by atomic mass is 10.1.